The molecule has 0 aliphatic carbocycles. The van der Waals surface area contributed by atoms with Crippen LogP contribution in [-0.4, -0.2) is 50.6 Å². The second kappa shape index (κ2) is 20.0. The molecule has 3 atom stereocenters. The molecule has 3 unspecified atom stereocenters. The molecule has 1 aromatic rings. The maximum atomic E-state index is 12.8. The van der Waals surface area contributed by atoms with Gasteiger partial charge >= 0.3 is 0 Å². The lowest BCUT2D eigenvalue weighted by atomic mass is 9.76. The third-order valence-corrected chi connectivity index (χ3v) is 4.62. The van der Waals surface area contributed by atoms with Gasteiger partial charge in [0, 0.05) is 24.9 Å². The van der Waals surface area contributed by atoms with E-state index >= 15 is 0 Å². The molecule has 1 amide bonds. The van der Waals surface area contributed by atoms with Crippen LogP contribution in [0, 0.1) is 11.8 Å². The summed E-state index contributed by atoms with van der Waals surface area (Å²) in [5.74, 6) is -3.01. The van der Waals surface area contributed by atoms with Crippen LogP contribution in [-0.2, 0) is 9.59 Å². The minimum absolute atomic E-state index is 0. The van der Waals surface area contributed by atoms with Gasteiger partial charge < -0.3 is 19.7 Å². The van der Waals surface area contributed by atoms with Gasteiger partial charge in [-0.05, 0) is 17.9 Å². The molecule has 1 aromatic carbocycles. The van der Waals surface area contributed by atoms with Crippen LogP contribution in [0.25, 0.3) is 0 Å². The third-order valence-electron chi connectivity index (χ3n) is 4.62. The quantitative estimate of drug-likeness (QED) is 0.398. The highest BCUT2D eigenvalue weighted by Crippen LogP contribution is 2.33. The van der Waals surface area contributed by atoms with Gasteiger partial charge in [-0.2, -0.15) is 0 Å². The molecule has 0 spiro atoms. The number of amides is 1. The second-order valence-electron chi connectivity index (χ2n) is 7.72. The highest BCUT2D eigenvalue weighted by Gasteiger charge is 2.33. The summed E-state index contributed by atoms with van der Waals surface area (Å²) in [4.78, 5) is 24.2. The van der Waals surface area contributed by atoms with Crippen molar-refractivity contribution in [1.82, 2.24) is 5.32 Å². The highest BCUT2D eigenvalue weighted by molar-refractivity contribution is 5.84. The number of carboxylic acids is 1. The summed E-state index contributed by atoms with van der Waals surface area (Å²) in [5, 5.41) is 14.4. The fraction of sp³-hybridized carbons (Fsp3) is 0.692. The van der Waals surface area contributed by atoms with Crippen molar-refractivity contribution in [1.29, 1.82) is 0 Å². The molecule has 0 aromatic heterocycles. The maximum absolute atomic E-state index is 12.8. The Bertz CT molecular complexity index is 554. The number of nitrogens with zero attached hydrogens (tertiary/aromatic N) is 1. The number of hydrogen-bond donors (Lipinski definition) is 1. The number of aliphatic carboxylic acids is 1. The Kier molecular flexibility index (Phi) is 27.9. The number of benzene rings is 1. The van der Waals surface area contributed by atoms with Gasteiger partial charge in [-0.3, -0.25) is 4.79 Å². The van der Waals surface area contributed by atoms with E-state index in [1.165, 1.54) is 0 Å². The Morgan fingerprint density at radius 1 is 0.968 bits per heavy atom. The van der Waals surface area contributed by atoms with Crippen LogP contribution in [0.15, 0.2) is 30.3 Å². The van der Waals surface area contributed by atoms with E-state index in [9.17, 15) is 14.7 Å². The van der Waals surface area contributed by atoms with E-state index in [4.69, 9.17) is 0 Å². The van der Waals surface area contributed by atoms with Crippen LogP contribution in [0.5, 0.6) is 0 Å². The zero-order chi connectivity index (χ0) is 19.0. The van der Waals surface area contributed by atoms with Crippen molar-refractivity contribution >= 4 is 11.9 Å². The summed E-state index contributed by atoms with van der Waals surface area (Å²) in [6.45, 7) is 5.04. The molecule has 0 heterocycles. The molecule has 1 N–H and O–H groups in total. The second-order valence-corrected chi connectivity index (χ2v) is 7.72. The SMILES string of the molecule is C.C.C.C.C.C.CCC(c1ccccc1)C(C(=O)NCCC[N+](C)(C)C)C(C)C(=O)[O-]. The first-order valence-electron chi connectivity index (χ1n) is 9.01. The number of hydrogen-bond acceptors (Lipinski definition) is 3. The Balaban J connectivity index is -0.000000260. The molecule has 5 nitrogen and oxygen atoms in total. The molecule has 0 aliphatic rings. The Labute approximate surface area is 195 Å². The van der Waals surface area contributed by atoms with Gasteiger partial charge in [0.05, 0.1) is 33.6 Å². The van der Waals surface area contributed by atoms with Crippen LogP contribution < -0.4 is 10.4 Å². The molecular formula is C26H56N2O3. The Hall–Kier alpha value is -1.88. The molecule has 0 saturated heterocycles. The molecule has 188 valence electrons. The van der Waals surface area contributed by atoms with Gasteiger partial charge in [-0.15, -0.1) is 0 Å². The van der Waals surface area contributed by atoms with E-state index in [0.29, 0.717) is 13.0 Å². The summed E-state index contributed by atoms with van der Waals surface area (Å²) in [7, 11) is 6.31. The van der Waals surface area contributed by atoms with E-state index < -0.39 is 17.8 Å². The van der Waals surface area contributed by atoms with Crippen molar-refractivity contribution in [3.8, 4) is 0 Å². The fourth-order valence-electron chi connectivity index (χ4n) is 3.18. The zero-order valence-corrected chi connectivity index (χ0v) is 16.1. The first-order valence-corrected chi connectivity index (χ1v) is 9.01. The average Bonchev–Trinajstić information content (AvgIpc) is 2.55. The van der Waals surface area contributed by atoms with Crippen LogP contribution in [0.1, 0.15) is 82.7 Å². The van der Waals surface area contributed by atoms with E-state index in [0.717, 1.165) is 23.0 Å². The largest absolute Gasteiger partial charge is 0.550 e. The number of carbonyl (C=O) groups is 2. The zero-order valence-electron chi connectivity index (χ0n) is 16.1. The summed E-state index contributed by atoms with van der Waals surface area (Å²) < 4.78 is 0.830. The summed E-state index contributed by atoms with van der Waals surface area (Å²) in [6, 6.07) is 9.65. The lowest BCUT2D eigenvalue weighted by Crippen LogP contribution is -2.45. The topological polar surface area (TPSA) is 69.2 Å². The first-order chi connectivity index (χ1) is 11.7. The third kappa shape index (κ3) is 14.7. The predicted molar refractivity (Wildman–Crippen MR) is 138 cm³/mol. The molecule has 5 heteroatoms. The molecule has 0 bridgehead atoms. The molecule has 0 saturated carbocycles. The standard InChI is InChI=1S/C20H32N2O3.6CH4/c1-6-17(16-11-8-7-9-12-16)18(15(2)20(24)25)19(23)21-13-10-14-22(3,4)5;;;;;;/h7-9,11-12,15,17-18H,6,10,13-14H2,1-5H3,(H-,21,23,24,25);6*1H4. The molecule has 31 heavy (non-hydrogen) atoms. The molecule has 1 rings (SSSR count). The van der Waals surface area contributed by atoms with Crippen molar-refractivity contribution in [3.05, 3.63) is 35.9 Å². The van der Waals surface area contributed by atoms with Gasteiger partial charge in [-0.25, -0.2) is 0 Å². The fourth-order valence-corrected chi connectivity index (χ4v) is 3.18. The highest BCUT2D eigenvalue weighted by atomic mass is 16.4. The average molecular weight is 445 g/mol. The van der Waals surface area contributed by atoms with Crippen LogP contribution in [0.3, 0.4) is 0 Å². The normalized spacial score (nSPS) is 12.3. The maximum Gasteiger partial charge on any atom is 0.224 e. The monoisotopic (exact) mass is 444 g/mol. The predicted octanol–water partition coefficient (Wildman–Crippen LogP) is 5.21. The van der Waals surface area contributed by atoms with Gasteiger partial charge in [0.15, 0.2) is 0 Å². The van der Waals surface area contributed by atoms with Crippen molar-refractivity contribution in [3.63, 3.8) is 0 Å². The summed E-state index contributed by atoms with van der Waals surface area (Å²) >= 11 is 0. The number of nitrogens with one attached hydrogen (secondary N) is 1. The summed E-state index contributed by atoms with van der Waals surface area (Å²) in [6.07, 6.45) is 1.54. The van der Waals surface area contributed by atoms with E-state index in [1.807, 2.05) is 37.3 Å². The van der Waals surface area contributed by atoms with Crippen LogP contribution in [0.2, 0.25) is 0 Å². The number of carboxylic acid groups (broad SMARTS) is 1. The van der Waals surface area contributed by atoms with Gasteiger partial charge in [0.25, 0.3) is 0 Å². The van der Waals surface area contributed by atoms with Crippen molar-refractivity contribution in [2.24, 2.45) is 11.8 Å². The number of quaternary nitrogens is 1. The number of carbonyl (C=O) groups excluding carboxylic acids is 2. The molecule has 0 fully saturated rings. The van der Waals surface area contributed by atoms with Crippen LogP contribution in [0.4, 0.5) is 0 Å². The van der Waals surface area contributed by atoms with Crippen molar-refractivity contribution < 1.29 is 19.2 Å². The minimum atomic E-state index is -1.18. The van der Waals surface area contributed by atoms with Crippen molar-refractivity contribution in [2.75, 3.05) is 34.2 Å². The number of rotatable bonds is 10. The van der Waals surface area contributed by atoms with Gasteiger partial charge in [0.2, 0.25) is 5.91 Å². The van der Waals surface area contributed by atoms with Gasteiger partial charge in [0.1, 0.15) is 0 Å². The smallest absolute Gasteiger partial charge is 0.224 e. The Morgan fingerprint density at radius 2 is 1.45 bits per heavy atom. The van der Waals surface area contributed by atoms with E-state index in [-0.39, 0.29) is 56.4 Å². The van der Waals surface area contributed by atoms with Crippen LogP contribution >= 0.6 is 0 Å². The van der Waals surface area contributed by atoms with Crippen molar-refractivity contribution in [2.45, 2.75) is 77.2 Å². The van der Waals surface area contributed by atoms with E-state index in [1.54, 1.807) is 6.92 Å². The van der Waals surface area contributed by atoms with Gasteiger partial charge in [-0.1, -0.05) is 88.7 Å². The molecule has 0 radical (unpaired) electrons. The summed E-state index contributed by atoms with van der Waals surface area (Å²) in [5.41, 5.74) is 0.990. The lowest BCUT2D eigenvalue weighted by Gasteiger charge is -2.31. The molecular weight excluding hydrogens is 388 g/mol. The Morgan fingerprint density at radius 3 is 1.84 bits per heavy atom. The van der Waals surface area contributed by atoms with E-state index in [2.05, 4.69) is 26.5 Å². The first kappa shape index (κ1) is 43.1. The minimum Gasteiger partial charge on any atom is -0.550 e. The molecule has 0 aliphatic heterocycles. The lowest BCUT2D eigenvalue weighted by molar-refractivity contribution is -0.870.